The predicted molar refractivity (Wildman–Crippen MR) is 58.4 cm³/mol. The number of sulfone groups is 1. The molecule has 1 aliphatic heterocycles. The summed E-state index contributed by atoms with van der Waals surface area (Å²) in [4.78, 5) is 13.3. The van der Waals surface area contributed by atoms with Crippen molar-refractivity contribution in [1.29, 1.82) is 0 Å². The molecule has 0 aliphatic carbocycles. The first-order chi connectivity index (χ1) is 6.99. The highest BCUT2D eigenvalue weighted by Gasteiger charge is 2.16. The monoisotopic (exact) mass is 234 g/mol. The van der Waals surface area contributed by atoms with Gasteiger partial charge in [-0.25, -0.2) is 8.42 Å². The van der Waals surface area contributed by atoms with Crippen molar-refractivity contribution in [3.05, 3.63) is 0 Å². The molecule has 0 aromatic heterocycles. The van der Waals surface area contributed by atoms with Crippen molar-refractivity contribution >= 4 is 15.7 Å². The van der Waals surface area contributed by atoms with E-state index in [-0.39, 0.29) is 18.2 Å². The van der Waals surface area contributed by atoms with Gasteiger partial charge < -0.3 is 10.2 Å². The molecule has 15 heavy (non-hydrogen) atoms. The van der Waals surface area contributed by atoms with Crippen LogP contribution in [0.4, 0.5) is 0 Å². The van der Waals surface area contributed by atoms with E-state index < -0.39 is 9.84 Å². The van der Waals surface area contributed by atoms with Gasteiger partial charge >= 0.3 is 0 Å². The summed E-state index contributed by atoms with van der Waals surface area (Å²) in [6, 6.07) is 0. The molecular weight excluding hydrogens is 216 g/mol. The molecule has 1 saturated heterocycles. The summed E-state index contributed by atoms with van der Waals surface area (Å²) in [6.07, 6.45) is 3.35. The molecule has 0 saturated carbocycles. The third-order valence-electron chi connectivity index (χ3n) is 2.38. The number of likely N-dealkylation sites (tertiary alicyclic amines) is 1. The van der Waals surface area contributed by atoms with E-state index >= 15 is 0 Å². The van der Waals surface area contributed by atoms with Gasteiger partial charge in [0.15, 0.2) is 0 Å². The van der Waals surface area contributed by atoms with E-state index in [0.717, 1.165) is 25.9 Å². The Kier molecular flexibility index (Phi) is 4.53. The molecule has 1 amide bonds. The predicted octanol–water partition coefficient (Wildman–Crippen LogP) is -0.757. The van der Waals surface area contributed by atoms with Crippen molar-refractivity contribution in [2.45, 2.75) is 12.8 Å². The lowest BCUT2D eigenvalue weighted by atomic mass is 10.4. The van der Waals surface area contributed by atoms with E-state index in [9.17, 15) is 13.2 Å². The van der Waals surface area contributed by atoms with Gasteiger partial charge in [-0.15, -0.1) is 0 Å². The molecule has 0 aromatic rings. The average molecular weight is 234 g/mol. The molecule has 0 radical (unpaired) electrons. The van der Waals surface area contributed by atoms with Gasteiger partial charge in [0.25, 0.3) is 0 Å². The normalized spacial score (nSPS) is 17.0. The largest absolute Gasteiger partial charge is 0.342 e. The van der Waals surface area contributed by atoms with Crippen LogP contribution < -0.4 is 5.32 Å². The number of carbonyl (C=O) groups excluding carboxylic acids is 1. The molecule has 1 heterocycles. The zero-order valence-electron chi connectivity index (χ0n) is 9.03. The van der Waals surface area contributed by atoms with Gasteiger partial charge in [0.1, 0.15) is 9.84 Å². The summed E-state index contributed by atoms with van der Waals surface area (Å²) >= 11 is 0. The number of hydrogen-bond donors (Lipinski definition) is 1. The summed E-state index contributed by atoms with van der Waals surface area (Å²) in [5, 5.41) is 2.85. The topological polar surface area (TPSA) is 66.5 Å². The SMILES string of the molecule is CS(=O)(=O)CCNCC(=O)N1CCCC1. The van der Waals surface area contributed by atoms with Gasteiger partial charge in [0.05, 0.1) is 12.3 Å². The summed E-state index contributed by atoms with van der Waals surface area (Å²) < 4.78 is 21.6. The van der Waals surface area contributed by atoms with E-state index in [1.807, 2.05) is 4.90 Å². The number of nitrogens with one attached hydrogen (secondary N) is 1. The minimum Gasteiger partial charge on any atom is -0.342 e. The lowest BCUT2D eigenvalue weighted by molar-refractivity contribution is -0.129. The summed E-state index contributed by atoms with van der Waals surface area (Å²) in [5.41, 5.74) is 0. The molecule has 0 spiro atoms. The molecule has 6 heteroatoms. The summed E-state index contributed by atoms with van der Waals surface area (Å²) in [6.45, 7) is 2.27. The second-order valence-electron chi connectivity index (χ2n) is 3.89. The van der Waals surface area contributed by atoms with Gasteiger partial charge in [-0.05, 0) is 12.8 Å². The van der Waals surface area contributed by atoms with Crippen LogP contribution in [0.3, 0.4) is 0 Å². The highest BCUT2D eigenvalue weighted by atomic mass is 32.2. The fraction of sp³-hybridized carbons (Fsp3) is 0.889. The Balaban J connectivity index is 2.12. The van der Waals surface area contributed by atoms with Crippen LogP contribution in [0.1, 0.15) is 12.8 Å². The van der Waals surface area contributed by atoms with Crippen molar-refractivity contribution in [3.63, 3.8) is 0 Å². The van der Waals surface area contributed by atoms with Crippen LogP contribution in [0.2, 0.25) is 0 Å². The molecule has 0 atom stereocenters. The maximum Gasteiger partial charge on any atom is 0.236 e. The Morgan fingerprint density at radius 2 is 1.93 bits per heavy atom. The summed E-state index contributed by atoms with van der Waals surface area (Å²) in [7, 11) is -2.93. The Labute approximate surface area is 90.7 Å². The summed E-state index contributed by atoms with van der Waals surface area (Å²) in [5.74, 6) is 0.154. The van der Waals surface area contributed by atoms with Gasteiger partial charge in [-0.2, -0.15) is 0 Å². The quantitative estimate of drug-likeness (QED) is 0.635. The Morgan fingerprint density at radius 3 is 2.47 bits per heavy atom. The second kappa shape index (κ2) is 5.46. The van der Waals surface area contributed by atoms with Crippen LogP contribution in [0.15, 0.2) is 0 Å². The van der Waals surface area contributed by atoms with Gasteiger partial charge in [0.2, 0.25) is 5.91 Å². The zero-order chi connectivity index (χ0) is 11.3. The van der Waals surface area contributed by atoms with E-state index in [4.69, 9.17) is 0 Å². The van der Waals surface area contributed by atoms with Gasteiger partial charge in [-0.1, -0.05) is 0 Å². The minimum atomic E-state index is -2.93. The maximum atomic E-state index is 11.5. The van der Waals surface area contributed by atoms with Crippen LogP contribution in [-0.2, 0) is 14.6 Å². The first-order valence-electron chi connectivity index (χ1n) is 5.15. The van der Waals surface area contributed by atoms with Crippen molar-refractivity contribution < 1.29 is 13.2 Å². The minimum absolute atomic E-state index is 0.0704. The first-order valence-corrected chi connectivity index (χ1v) is 7.21. The molecule has 5 nitrogen and oxygen atoms in total. The Morgan fingerprint density at radius 1 is 1.33 bits per heavy atom. The van der Waals surface area contributed by atoms with Crippen LogP contribution in [0.25, 0.3) is 0 Å². The van der Waals surface area contributed by atoms with Crippen molar-refractivity contribution in [2.75, 3.05) is 38.2 Å². The number of hydrogen-bond acceptors (Lipinski definition) is 4. The second-order valence-corrected chi connectivity index (χ2v) is 6.15. The van der Waals surface area contributed by atoms with Crippen LogP contribution >= 0.6 is 0 Å². The lowest BCUT2D eigenvalue weighted by Crippen LogP contribution is -2.37. The highest BCUT2D eigenvalue weighted by Crippen LogP contribution is 2.06. The zero-order valence-corrected chi connectivity index (χ0v) is 9.85. The van der Waals surface area contributed by atoms with Crippen molar-refractivity contribution in [1.82, 2.24) is 10.2 Å². The third-order valence-corrected chi connectivity index (χ3v) is 3.33. The molecule has 1 fully saturated rings. The fourth-order valence-corrected chi connectivity index (χ4v) is 2.05. The van der Waals surface area contributed by atoms with Crippen LogP contribution in [-0.4, -0.2) is 57.4 Å². The van der Waals surface area contributed by atoms with Crippen molar-refractivity contribution in [3.8, 4) is 0 Å². The molecule has 0 aromatic carbocycles. The van der Waals surface area contributed by atoms with Crippen LogP contribution in [0.5, 0.6) is 0 Å². The molecular formula is C9H18N2O3S. The Bertz CT molecular complexity index is 307. The number of amides is 1. The fourth-order valence-electron chi connectivity index (χ4n) is 1.53. The van der Waals surface area contributed by atoms with Crippen molar-refractivity contribution in [2.24, 2.45) is 0 Å². The van der Waals surface area contributed by atoms with E-state index in [2.05, 4.69) is 5.32 Å². The third kappa shape index (κ3) is 5.13. The number of rotatable bonds is 5. The van der Waals surface area contributed by atoms with Crippen LogP contribution in [0, 0.1) is 0 Å². The van der Waals surface area contributed by atoms with Gasteiger partial charge in [0, 0.05) is 25.9 Å². The molecule has 0 bridgehead atoms. The first kappa shape index (κ1) is 12.4. The standard InChI is InChI=1S/C9H18N2O3S/c1-15(13,14)7-4-10-8-9(12)11-5-2-3-6-11/h10H,2-8H2,1H3. The number of carbonyl (C=O) groups is 1. The number of nitrogens with zero attached hydrogens (tertiary/aromatic N) is 1. The maximum absolute atomic E-state index is 11.5. The Hall–Kier alpha value is -0.620. The molecule has 88 valence electrons. The van der Waals surface area contributed by atoms with E-state index in [1.54, 1.807) is 0 Å². The smallest absolute Gasteiger partial charge is 0.236 e. The lowest BCUT2D eigenvalue weighted by Gasteiger charge is -2.15. The van der Waals surface area contributed by atoms with E-state index in [0.29, 0.717) is 6.54 Å². The highest BCUT2D eigenvalue weighted by molar-refractivity contribution is 7.90. The molecule has 0 unspecified atom stereocenters. The molecule has 1 rings (SSSR count). The average Bonchev–Trinajstić information content (AvgIpc) is 2.63. The molecule has 1 aliphatic rings. The van der Waals surface area contributed by atoms with E-state index in [1.165, 1.54) is 6.26 Å². The molecule has 1 N–H and O–H groups in total. The van der Waals surface area contributed by atoms with Gasteiger partial charge in [-0.3, -0.25) is 4.79 Å².